The van der Waals surface area contributed by atoms with Gasteiger partial charge in [0.25, 0.3) is 11.6 Å². The Balaban J connectivity index is 3.19. The number of hydrogen-bond donors (Lipinski definition) is 2. The van der Waals surface area contributed by atoms with Crippen molar-refractivity contribution in [1.29, 1.82) is 0 Å². The molecular formula is C12H17ClN4O4. The van der Waals surface area contributed by atoms with Crippen molar-refractivity contribution in [3.63, 3.8) is 0 Å². The zero-order chi connectivity index (χ0) is 16.2. The van der Waals surface area contributed by atoms with E-state index in [-0.39, 0.29) is 28.0 Å². The lowest BCUT2D eigenvalue weighted by Gasteiger charge is -2.24. The highest BCUT2D eigenvalue weighted by Crippen LogP contribution is 2.33. The molecule has 0 saturated carbocycles. The van der Waals surface area contributed by atoms with Crippen molar-refractivity contribution >= 4 is 28.9 Å². The third-order valence-corrected chi connectivity index (χ3v) is 3.34. The zero-order valence-corrected chi connectivity index (χ0v) is 12.7. The molecule has 1 aromatic rings. The molecule has 9 heteroatoms. The first-order valence-electron chi connectivity index (χ1n) is 6.04. The average Bonchev–Trinajstić information content (AvgIpc) is 2.44. The molecule has 8 nitrogen and oxygen atoms in total. The van der Waals surface area contributed by atoms with Crippen molar-refractivity contribution in [3.05, 3.63) is 32.8 Å². The number of halogens is 1. The van der Waals surface area contributed by atoms with E-state index in [4.69, 9.17) is 22.2 Å². The summed E-state index contributed by atoms with van der Waals surface area (Å²) in [5.41, 5.74) is 1.88. The molecule has 1 unspecified atom stereocenters. The van der Waals surface area contributed by atoms with Crippen molar-refractivity contribution in [1.82, 2.24) is 4.90 Å². The highest BCUT2D eigenvalue weighted by molar-refractivity contribution is 6.34. The number of amides is 1. The Morgan fingerprint density at radius 1 is 1.62 bits per heavy atom. The molecule has 0 radical (unpaired) electrons. The summed E-state index contributed by atoms with van der Waals surface area (Å²) in [6.07, 6.45) is 0. The van der Waals surface area contributed by atoms with Gasteiger partial charge in [-0.25, -0.2) is 0 Å². The summed E-state index contributed by atoms with van der Waals surface area (Å²) < 4.78 is 4.98. The molecule has 0 fully saturated rings. The van der Waals surface area contributed by atoms with Gasteiger partial charge in [0.15, 0.2) is 0 Å². The monoisotopic (exact) mass is 316 g/mol. The Morgan fingerprint density at radius 2 is 2.24 bits per heavy atom. The van der Waals surface area contributed by atoms with Gasteiger partial charge in [-0.15, -0.1) is 0 Å². The standard InChI is InChI=1S/C12H17ClN4O4/c1-7(6-21-3)16(2)12(18)8-4-9(13)11(15-14)10(5-8)17(19)20/h4-5,7,15H,6,14H2,1-3H3. The van der Waals surface area contributed by atoms with Crippen LogP contribution in [-0.2, 0) is 4.74 Å². The maximum atomic E-state index is 12.3. The SMILES string of the molecule is COCC(C)N(C)C(=O)c1cc(Cl)c(NN)c([N+](=O)[O-])c1. The number of carbonyl (C=O) groups excluding carboxylic acids is 1. The van der Waals surface area contributed by atoms with Crippen molar-refractivity contribution in [2.45, 2.75) is 13.0 Å². The van der Waals surface area contributed by atoms with E-state index in [0.29, 0.717) is 6.61 Å². The van der Waals surface area contributed by atoms with Crippen LogP contribution in [0.15, 0.2) is 12.1 Å². The van der Waals surface area contributed by atoms with Gasteiger partial charge >= 0.3 is 0 Å². The lowest BCUT2D eigenvalue weighted by atomic mass is 10.1. The Bertz CT molecular complexity index is 552. The zero-order valence-electron chi connectivity index (χ0n) is 11.9. The summed E-state index contributed by atoms with van der Waals surface area (Å²) in [7, 11) is 3.11. The molecule has 21 heavy (non-hydrogen) atoms. The van der Waals surface area contributed by atoms with Crippen LogP contribution in [-0.4, -0.2) is 42.5 Å². The van der Waals surface area contributed by atoms with Crippen LogP contribution in [0.3, 0.4) is 0 Å². The number of anilines is 1. The van der Waals surface area contributed by atoms with Gasteiger partial charge in [0.05, 0.1) is 22.6 Å². The molecule has 0 aromatic heterocycles. The number of hydrogen-bond acceptors (Lipinski definition) is 6. The van der Waals surface area contributed by atoms with Crippen molar-refractivity contribution in [3.8, 4) is 0 Å². The molecule has 0 aliphatic carbocycles. The average molecular weight is 317 g/mol. The van der Waals surface area contributed by atoms with E-state index < -0.39 is 10.8 Å². The molecule has 0 spiro atoms. The third-order valence-electron chi connectivity index (χ3n) is 3.05. The molecule has 0 bridgehead atoms. The molecule has 0 saturated heterocycles. The van der Waals surface area contributed by atoms with Crippen molar-refractivity contribution in [2.75, 3.05) is 26.2 Å². The molecule has 116 valence electrons. The maximum absolute atomic E-state index is 12.3. The van der Waals surface area contributed by atoms with Crippen LogP contribution in [0, 0.1) is 10.1 Å². The van der Waals surface area contributed by atoms with Gasteiger partial charge in [-0.1, -0.05) is 11.6 Å². The largest absolute Gasteiger partial charge is 0.383 e. The summed E-state index contributed by atoms with van der Waals surface area (Å²) in [4.78, 5) is 24.1. The number of nitrogens with zero attached hydrogens (tertiary/aromatic N) is 2. The number of ether oxygens (including phenoxy) is 1. The van der Waals surface area contributed by atoms with Gasteiger partial charge in [-0.2, -0.15) is 0 Å². The summed E-state index contributed by atoms with van der Waals surface area (Å²) in [5, 5.41) is 11.0. The number of likely N-dealkylation sites (N-methyl/N-ethyl adjacent to an activating group) is 1. The third kappa shape index (κ3) is 3.81. The second kappa shape index (κ2) is 7.21. The van der Waals surface area contributed by atoms with E-state index in [1.54, 1.807) is 14.0 Å². The quantitative estimate of drug-likeness (QED) is 0.469. The van der Waals surface area contributed by atoms with E-state index in [0.717, 1.165) is 6.07 Å². The van der Waals surface area contributed by atoms with Gasteiger partial charge in [-0.3, -0.25) is 20.8 Å². The van der Waals surface area contributed by atoms with E-state index in [2.05, 4.69) is 5.43 Å². The fourth-order valence-electron chi connectivity index (χ4n) is 1.76. The number of methoxy groups -OCH3 is 1. The fraction of sp³-hybridized carbons (Fsp3) is 0.417. The minimum Gasteiger partial charge on any atom is -0.383 e. The predicted octanol–water partition coefficient (Wildman–Crippen LogP) is 1.64. The van der Waals surface area contributed by atoms with E-state index in [1.807, 2.05) is 0 Å². The summed E-state index contributed by atoms with van der Waals surface area (Å²) in [5.74, 6) is 4.82. The number of carbonyl (C=O) groups is 1. The molecule has 0 heterocycles. The molecule has 1 atom stereocenters. The van der Waals surface area contributed by atoms with Crippen LogP contribution in [0.1, 0.15) is 17.3 Å². The van der Waals surface area contributed by atoms with E-state index in [1.165, 1.54) is 18.1 Å². The Morgan fingerprint density at radius 3 is 2.71 bits per heavy atom. The molecular weight excluding hydrogens is 300 g/mol. The van der Waals surface area contributed by atoms with Gasteiger partial charge < -0.3 is 15.1 Å². The Kier molecular flexibility index (Phi) is 5.89. The number of nitro benzene ring substituents is 1. The maximum Gasteiger partial charge on any atom is 0.295 e. The number of nitrogens with two attached hydrogens (primary N) is 1. The Hall–Kier alpha value is -1.90. The minimum absolute atomic E-state index is 0.00263. The molecule has 1 aromatic carbocycles. The number of benzene rings is 1. The number of nitrogen functional groups attached to an aromatic ring is 1. The predicted molar refractivity (Wildman–Crippen MR) is 79.3 cm³/mol. The molecule has 0 aliphatic rings. The van der Waals surface area contributed by atoms with Crippen molar-refractivity contribution < 1.29 is 14.5 Å². The minimum atomic E-state index is -0.656. The van der Waals surface area contributed by atoms with Crippen LogP contribution in [0.25, 0.3) is 0 Å². The first kappa shape index (κ1) is 17.2. The van der Waals surface area contributed by atoms with Crippen LogP contribution in [0.5, 0.6) is 0 Å². The van der Waals surface area contributed by atoms with Crippen LogP contribution < -0.4 is 11.3 Å². The van der Waals surface area contributed by atoms with E-state index in [9.17, 15) is 14.9 Å². The van der Waals surface area contributed by atoms with Gasteiger partial charge in [0.1, 0.15) is 5.69 Å². The van der Waals surface area contributed by atoms with E-state index >= 15 is 0 Å². The number of nitro groups is 1. The molecule has 1 rings (SSSR count). The Labute approximate surface area is 126 Å². The van der Waals surface area contributed by atoms with Gasteiger partial charge in [-0.05, 0) is 13.0 Å². The second-order valence-electron chi connectivity index (χ2n) is 4.47. The van der Waals surface area contributed by atoms with Gasteiger partial charge in [0, 0.05) is 25.8 Å². The van der Waals surface area contributed by atoms with Crippen molar-refractivity contribution in [2.24, 2.45) is 5.84 Å². The second-order valence-corrected chi connectivity index (χ2v) is 4.88. The fourth-order valence-corrected chi connectivity index (χ4v) is 2.03. The van der Waals surface area contributed by atoms with Gasteiger partial charge in [0.2, 0.25) is 0 Å². The topological polar surface area (TPSA) is 111 Å². The van der Waals surface area contributed by atoms with Crippen LogP contribution in [0.2, 0.25) is 5.02 Å². The lowest BCUT2D eigenvalue weighted by molar-refractivity contribution is -0.384. The molecule has 3 N–H and O–H groups in total. The smallest absolute Gasteiger partial charge is 0.295 e. The molecule has 0 aliphatic heterocycles. The number of nitrogens with one attached hydrogen (secondary N) is 1. The first-order valence-corrected chi connectivity index (χ1v) is 6.41. The summed E-state index contributed by atoms with van der Waals surface area (Å²) >= 11 is 5.93. The summed E-state index contributed by atoms with van der Waals surface area (Å²) in [6.45, 7) is 2.15. The highest BCUT2D eigenvalue weighted by Gasteiger charge is 2.24. The van der Waals surface area contributed by atoms with Crippen LogP contribution in [0.4, 0.5) is 11.4 Å². The number of rotatable bonds is 6. The lowest BCUT2D eigenvalue weighted by Crippen LogP contribution is -2.37. The van der Waals surface area contributed by atoms with Crippen LogP contribution >= 0.6 is 11.6 Å². The number of hydrazine groups is 1. The normalized spacial score (nSPS) is 11.9. The highest BCUT2D eigenvalue weighted by atomic mass is 35.5. The first-order chi connectivity index (χ1) is 9.83. The summed E-state index contributed by atoms with van der Waals surface area (Å²) in [6, 6.07) is 2.29. The molecule has 1 amide bonds.